The number of halogens is 2. The van der Waals surface area contributed by atoms with Crippen LogP contribution in [0.3, 0.4) is 0 Å². The second-order valence-electron chi connectivity index (χ2n) is 12.3. The Bertz CT molecular complexity index is 1280. The van der Waals surface area contributed by atoms with E-state index in [9.17, 15) is 4.79 Å². The lowest BCUT2D eigenvalue weighted by Crippen LogP contribution is -2.55. The number of nitrogens with one attached hydrogen (secondary N) is 1. The highest BCUT2D eigenvalue weighted by Gasteiger charge is 2.42. The van der Waals surface area contributed by atoms with Crippen molar-refractivity contribution in [1.82, 2.24) is 10.2 Å². The number of likely N-dealkylation sites (tertiary alicyclic amines) is 1. The van der Waals surface area contributed by atoms with Crippen molar-refractivity contribution in [2.24, 2.45) is 0 Å². The number of aryl methyl sites for hydroxylation is 1. The molecule has 1 fully saturated rings. The van der Waals surface area contributed by atoms with E-state index in [-0.39, 0.29) is 41.7 Å². The van der Waals surface area contributed by atoms with Crippen molar-refractivity contribution >= 4 is 30.7 Å². The van der Waals surface area contributed by atoms with Gasteiger partial charge in [-0.15, -0.1) is 24.8 Å². The number of nitrogens with zero attached hydrogens (tertiary/aromatic N) is 1. The number of methoxy groups -OCH3 is 2. The van der Waals surface area contributed by atoms with E-state index in [0.717, 1.165) is 56.6 Å². The van der Waals surface area contributed by atoms with Gasteiger partial charge in [0.1, 0.15) is 0 Å². The molecule has 0 bridgehead atoms. The maximum Gasteiger partial charge on any atom is 0.216 e. The molecular weight excluding hydrogens is 591 g/mol. The van der Waals surface area contributed by atoms with Gasteiger partial charge in [-0.25, -0.2) is 0 Å². The molecule has 5 rings (SSSR count). The summed E-state index contributed by atoms with van der Waals surface area (Å²) in [6, 6.07) is 26.5. The highest BCUT2D eigenvalue weighted by atomic mass is 35.5. The molecule has 2 aliphatic rings. The molecule has 1 amide bonds. The van der Waals surface area contributed by atoms with E-state index >= 15 is 0 Å². The smallest absolute Gasteiger partial charge is 0.216 e. The van der Waals surface area contributed by atoms with Crippen LogP contribution in [0.5, 0.6) is 11.5 Å². The molecule has 0 radical (unpaired) electrons. The van der Waals surface area contributed by atoms with E-state index in [1.807, 2.05) is 0 Å². The minimum absolute atomic E-state index is 0. The van der Waals surface area contributed by atoms with Gasteiger partial charge in [-0.3, -0.25) is 9.69 Å². The topological polar surface area (TPSA) is 50.8 Å². The molecule has 1 heterocycles. The summed E-state index contributed by atoms with van der Waals surface area (Å²) in [5.74, 6) is 1.72. The van der Waals surface area contributed by atoms with Crippen LogP contribution in [0.4, 0.5) is 0 Å². The van der Waals surface area contributed by atoms with Crippen molar-refractivity contribution in [3.8, 4) is 11.5 Å². The maximum atomic E-state index is 11.6. The van der Waals surface area contributed by atoms with Gasteiger partial charge in [0.05, 0.1) is 14.2 Å². The molecule has 1 unspecified atom stereocenters. The van der Waals surface area contributed by atoms with Gasteiger partial charge in [-0.2, -0.15) is 0 Å². The van der Waals surface area contributed by atoms with Gasteiger partial charge in [0.15, 0.2) is 11.5 Å². The van der Waals surface area contributed by atoms with E-state index < -0.39 is 0 Å². The quantitative estimate of drug-likeness (QED) is 0.204. The van der Waals surface area contributed by atoms with E-state index in [2.05, 4.69) is 83.0 Å². The van der Waals surface area contributed by atoms with Crippen LogP contribution in [0.2, 0.25) is 0 Å². The van der Waals surface area contributed by atoms with Crippen molar-refractivity contribution in [2.45, 2.75) is 82.1 Å². The summed E-state index contributed by atoms with van der Waals surface area (Å²) in [4.78, 5) is 14.5. The molecule has 1 saturated heterocycles. The van der Waals surface area contributed by atoms with Crippen molar-refractivity contribution in [3.63, 3.8) is 0 Å². The van der Waals surface area contributed by atoms with Gasteiger partial charge >= 0.3 is 0 Å². The first-order valence-electron chi connectivity index (χ1n) is 15.8. The fourth-order valence-electron chi connectivity index (χ4n) is 7.76. The third-order valence-electron chi connectivity index (χ3n) is 9.91. The standard InChI is InChI=1S/C37H48N2O3.2ClH/c1-29(40)38-23-12-20-37(32-14-6-4-7-15-32,33-16-8-5-9-17-33)21-13-25-39-24-11-10-19-36(39)22-18-30-26-34(41-2)35(42-3)27-31(30)28-36;;/h4-9,14-17,26-27H,10-13,18-25,28H2,1-3H3,(H,38,40);2*1H. The molecule has 7 heteroatoms. The summed E-state index contributed by atoms with van der Waals surface area (Å²) in [7, 11) is 3.46. The molecule has 240 valence electrons. The zero-order valence-electron chi connectivity index (χ0n) is 26.6. The predicted molar refractivity (Wildman–Crippen MR) is 185 cm³/mol. The zero-order chi connectivity index (χ0) is 29.4. The van der Waals surface area contributed by atoms with Crippen molar-refractivity contribution in [3.05, 3.63) is 95.1 Å². The lowest BCUT2D eigenvalue weighted by Gasteiger charge is -2.50. The molecule has 3 aromatic carbocycles. The number of rotatable bonds is 12. The van der Waals surface area contributed by atoms with Crippen LogP contribution in [0.15, 0.2) is 72.8 Å². The van der Waals surface area contributed by atoms with Crippen molar-refractivity contribution < 1.29 is 14.3 Å². The first kappa shape index (κ1) is 35.7. The molecule has 1 atom stereocenters. The molecule has 5 nitrogen and oxygen atoms in total. The Balaban J connectivity index is 0.00000264. The van der Waals surface area contributed by atoms with E-state index in [0.29, 0.717) is 6.54 Å². The number of benzene rings is 3. The number of ether oxygens (including phenoxy) is 2. The number of hydrogen-bond donors (Lipinski definition) is 1. The number of carbonyl (C=O) groups excluding carboxylic acids is 1. The average Bonchev–Trinajstić information content (AvgIpc) is 3.03. The lowest BCUT2D eigenvalue weighted by molar-refractivity contribution is -0.118. The molecular formula is C37H50Cl2N2O3. The number of hydrogen-bond acceptors (Lipinski definition) is 4. The summed E-state index contributed by atoms with van der Waals surface area (Å²) in [6.07, 6.45) is 11.4. The third-order valence-corrected chi connectivity index (χ3v) is 9.91. The Morgan fingerprint density at radius 1 is 0.841 bits per heavy atom. The van der Waals surface area contributed by atoms with Gasteiger partial charge in [0.25, 0.3) is 0 Å². The summed E-state index contributed by atoms with van der Waals surface area (Å²) in [5, 5.41) is 3.03. The molecule has 0 aromatic heterocycles. The van der Waals surface area contributed by atoms with Gasteiger partial charge in [0.2, 0.25) is 5.91 Å². The van der Waals surface area contributed by atoms with Crippen molar-refractivity contribution in [2.75, 3.05) is 33.9 Å². The van der Waals surface area contributed by atoms with Crippen LogP contribution in [0.1, 0.15) is 80.5 Å². The highest BCUT2D eigenvalue weighted by molar-refractivity contribution is 5.85. The number of fused-ring (bicyclic) bond motifs is 1. The van der Waals surface area contributed by atoms with Gasteiger partial charge < -0.3 is 14.8 Å². The van der Waals surface area contributed by atoms with Crippen LogP contribution in [-0.2, 0) is 23.1 Å². The molecule has 1 aliphatic carbocycles. The fourth-order valence-corrected chi connectivity index (χ4v) is 7.76. The summed E-state index contributed by atoms with van der Waals surface area (Å²) >= 11 is 0. The molecule has 0 saturated carbocycles. The molecule has 44 heavy (non-hydrogen) atoms. The number of carbonyl (C=O) groups is 1. The van der Waals surface area contributed by atoms with Crippen LogP contribution in [-0.4, -0.2) is 50.2 Å². The Morgan fingerprint density at radius 3 is 2.02 bits per heavy atom. The predicted octanol–water partition coefficient (Wildman–Crippen LogP) is 7.94. The van der Waals surface area contributed by atoms with Crippen LogP contribution < -0.4 is 14.8 Å². The zero-order valence-corrected chi connectivity index (χ0v) is 28.2. The minimum atomic E-state index is -0.0903. The van der Waals surface area contributed by atoms with Gasteiger partial charge in [0, 0.05) is 24.4 Å². The molecule has 1 N–H and O–H groups in total. The Morgan fingerprint density at radius 2 is 1.43 bits per heavy atom. The van der Waals surface area contributed by atoms with Crippen LogP contribution in [0.25, 0.3) is 0 Å². The van der Waals surface area contributed by atoms with Crippen LogP contribution >= 0.6 is 24.8 Å². The Labute approximate surface area is 276 Å². The summed E-state index contributed by atoms with van der Waals surface area (Å²) < 4.78 is 11.3. The first-order chi connectivity index (χ1) is 20.5. The molecule has 3 aromatic rings. The van der Waals surface area contributed by atoms with E-state index in [1.54, 1.807) is 21.1 Å². The number of amides is 1. The van der Waals surface area contributed by atoms with Crippen molar-refractivity contribution in [1.29, 1.82) is 0 Å². The average molecular weight is 642 g/mol. The Hall–Kier alpha value is -2.73. The fraction of sp³-hybridized carbons (Fsp3) is 0.486. The monoisotopic (exact) mass is 640 g/mol. The third kappa shape index (κ3) is 7.91. The number of piperidine rings is 1. The maximum absolute atomic E-state index is 11.6. The largest absolute Gasteiger partial charge is 0.493 e. The highest BCUT2D eigenvalue weighted by Crippen LogP contribution is 2.45. The van der Waals surface area contributed by atoms with E-state index in [1.165, 1.54) is 54.5 Å². The SMILES string of the molecule is COc1cc2c(cc1OC)CC1(CCCCN1CCCC(CCCNC(C)=O)(c1ccccc1)c1ccccc1)CC2.Cl.Cl. The Kier molecular flexibility index (Phi) is 13.4. The summed E-state index contributed by atoms with van der Waals surface area (Å²) in [5.41, 5.74) is 5.72. The van der Waals surface area contributed by atoms with Gasteiger partial charge in [-0.1, -0.05) is 67.1 Å². The molecule has 1 aliphatic heterocycles. The second kappa shape index (κ2) is 16.5. The summed E-state index contributed by atoms with van der Waals surface area (Å²) in [6.45, 7) is 4.59. The van der Waals surface area contributed by atoms with Gasteiger partial charge in [-0.05, 0) is 105 Å². The minimum Gasteiger partial charge on any atom is -0.493 e. The normalized spacial score (nSPS) is 18.0. The first-order valence-corrected chi connectivity index (χ1v) is 15.8. The second-order valence-corrected chi connectivity index (χ2v) is 12.3. The molecule has 1 spiro atoms. The lowest BCUT2D eigenvalue weighted by atomic mass is 9.68. The van der Waals surface area contributed by atoms with Crippen LogP contribution in [0, 0.1) is 0 Å². The van der Waals surface area contributed by atoms with E-state index in [4.69, 9.17) is 9.47 Å².